The van der Waals surface area contributed by atoms with Gasteiger partial charge in [0.2, 0.25) is 5.91 Å². The molecule has 0 radical (unpaired) electrons. The minimum atomic E-state index is -0.223. The molecule has 0 bridgehead atoms. The maximum Gasteiger partial charge on any atom is 0.311 e. The van der Waals surface area contributed by atoms with Crippen molar-refractivity contribution in [3.63, 3.8) is 0 Å². The van der Waals surface area contributed by atoms with Gasteiger partial charge in [-0.05, 0) is 30.5 Å². The van der Waals surface area contributed by atoms with Gasteiger partial charge in [0, 0.05) is 37.0 Å². The molecule has 2 rings (SSSR count). The third kappa shape index (κ3) is 3.84. The number of hydrogen-bond acceptors (Lipinski definition) is 3. The summed E-state index contributed by atoms with van der Waals surface area (Å²) in [7, 11) is 0. The summed E-state index contributed by atoms with van der Waals surface area (Å²) in [5.74, 6) is 0.300. The molecule has 0 aliphatic heterocycles. The fourth-order valence-electron chi connectivity index (χ4n) is 2.25. The van der Waals surface area contributed by atoms with E-state index in [0.717, 1.165) is 22.9 Å². The topological polar surface area (TPSA) is 71.2 Å². The fourth-order valence-corrected chi connectivity index (χ4v) is 2.25. The Morgan fingerprint density at radius 1 is 1.33 bits per heavy atom. The lowest BCUT2D eigenvalue weighted by Crippen LogP contribution is -2.22. The molecule has 0 atom stereocenters. The first-order chi connectivity index (χ1) is 10.1. The van der Waals surface area contributed by atoms with Crippen LogP contribution in [0, 0.1) is 0 Å². The Morgan fingerprint density at radius 2 is 2.14 bits per heavy atom. The number of H-pyrrole nitrogens is 1. The maximum atomic E-state index is 11.7. The van der Waals surface area contributed by atoms with Crippen LogP contribution in [-0.4, -0.2) is 23.4 Å². The summed E-state index contributed by atoms with van der Waals surface area (Å²) in [4.78, 5) is 25.8. The van der Waals surface area contributed by atoms with Crippen LogP contribution < -0.4 is 10.1 Å². The van der Waals surface area contributed by atoms with E-state index in [2.05, 4.69) is 10.3 Å². The zero-order valence-electron chi connectivity index (χ0n) is 12.4. The number of nitrogens with one attached hydrogen (secondary N) is 2. The van der Waals surface area contributed by atoms with Gasteiger partial charge < -0.3 is 15.0 Å². The molecule has 0 aliphatic rings. The Balaban J connectivity index is 2.22. The number of rotatable bonds is 6. The van der Waals surface area contributed by atoms with Crippen molar-refractivity contribution >= 4 is 22.8 Å². The van der Waals surface area contributed by atoms with E-state index in [9.17, 15) is 9.59 Å². The largest absolute Gasteiger partial charge is 0.426 e. The van der Waals surface area contributed by atoms with E-state index >= 15 is 0 Å². The highest BCUT2D eigenvalue weighted by molar-refractivity contribution is 5.91. The Morgan fingerprint density at radius 3 is 2.86 bits per heavy atom. The van der Waals surface area contributed by atoms with Crippen LogP contribution >= 0.6 is 0 Å². The van der Waals surface area contributed by atoms with Gasteiger partial charge in [0.05, 0.1) is 0 Å². The summed E-state index contributed by atoms with van der Waals surface area (Å²) in [5.41, 5.74) is 1.95. The quantitative estimate of drug-likeness (QED) is 0.634. The van der Waals surface area contributed by atoms with Gasteiger partial charge in [-0.15, -0.1) is 0 Å². The first-order valence-electron chi connectivity index (χ1n) is 7.16. The highest BCUT2D eigenvalue weighted by Gasteiger charge is 2.12. The van der Waals surface area contributed by atoms with Gasteiger partial charge in [-0.3, -0.25) is 9.59 Å². The second kappa shape index (κ2) is 6.92. The van der Waals surface area contributed by atoms with E-state index in [1.54, 1.807) is 6.07 Å². The van der Waals surface area contributed by atoms with E-state index in [4.69, 9.17) is 4.74 Å². The normalized spacial score (nSPS) is 10.6. The van der Waals surface area contributed by atoms with Crippen molar-refractivity contribution < 1.29 is 14.3 Å². The number of amides is 1. The summed E-state index contributed by atoms with van der Waals surface area (Å²) in [6.45, 7) is 3.99. The first-order valence-corrected chi connectivity index (χ1v) is 7.16. The second-order valence-corrected chi connectivity index (χ2v) is 4.95. The van der Waals surface area contributed by atoms with E-state index < -0.39 is 0 Å². The van der Waals surface area contributed by atoms with Crippen LogP contribution in [0.15, 0.2) is 24.4 Å². The van der Waals surface area contributed by atoms with Crippen molar-refractivity contribution in [2.24, 2.45) is 0 Å². The molecule has 21 heavy (non-hydrogen) atoms. The number of aromatic nitrogens is 1. The van der Waals surface area contributed by atoms with Crippen LogP contribution in [0.1, 0.15) is 32.3 Å². The molecule has 0 fully saturated rings. The van der Waals surface area contributed by atoms with E-state index in [-0.39, 0.29) is 11.9 Å². The summed E-state index contributed by atoms with van der Waals surface area (Å²) >= 11 is 0. The number of benzene rings is 1. The molecule has 0 unspecified atom stereocenters. The second-order valence-electron chi connectivity index (χ2n) is 4.95. The molecule has 0 saturated carbocycles. The van der Waals surface area contributed by atoms with Crippen molar-refractivity contribution in [2.75, 3.05) is 6.54 Å². The average molecular weight is 288 g/mol. The number of carbonyl (C=O) groups is 2. The highest BCUT2D eigenvalue weighted by atomic mass is 16.5. The smallest absolute Gasteiger partial charge is 0.311 e. The highest BCUT2D eigenvalue weighted by Crippen LogP contribution is 2.29. The monoisotopic (exact) mass is 288 g/mol. The van der Waals surface area contributed by atoms with Gasteiger partial charge in [-0.2, -0.15) is 0 Å². The first kappa shape index (κ1) is 15.1. The lowest BCUT2D eigenvalue weighted by atomic mass is 10.1. The average Bonchev–Trinajstić information content (AvgIpc) is 2.83. The molecule has 112 valence electrons. The number of fused-ring (bicyclic) bond motifs is 1. The Kier molecular flexibility index (Phi) is 4.98. The molecule has 5 heteroatoms. The fraction of sp³-hybridized carbons (Fsp3) is 0.375. The summed E-state index contributed by atoms with van der Waals surface area (Å²) in [6.07, 6.45) is 3.74. The molecule has 2 aromatic rings. The van der Waals surface area contributed by atoms with Crippen molar-refractivity contribution in [2.45, 2.75) is 33.1 Å². The zero-order valence-corrected chi connectivity index (χ0v) is 12.4. The van der Waals surface area contributed by atoms with Crippen LogP contribution in [0.4, 0.5) is 0 Å². The van der Waals surface area contributed by atoms with E-state index in [0.29, 0.717) is 25.1 Å². The third-order valence-corrected chi connectivity index (χ3v) is 3.20. The maximum absolute atomic E-state index is 11.7. The molecule has 1 aromatic carbocycles. The number of hydrogen-bond donors (Lipinski definition) is 2. The number of esters is 1. The predicted molar refractivity (Wildman–Crippen MR) is 81.2 cm³/mol. The number of aromatic amines is 1. The van der Waals surface area contributed by atoms with Gasteiger partial charge in [0.15, 0.2) is 0 Å². The van der Waals surface area contributed by atoms with Gasteiger partial charge in [0.25, 0.3) is 0 Å². The molecule has 5 nitrogen and oxygen atoms in total. The molecule has 0 spiro atoms. The van der Waals surface area contributed by atoms with Crippen LogP contribution in [0.3, 0.4) is 0 Å². The molecule has 0 aliphatic carbocycles. The molecule has 1 heterocycles. The predicted octanol–water partition coefficient (Wildman–Crippen LogP) is 2.55. The van der Waals surface area contributed by atoms with Gasteiger partial charge >= 0.3 is 5.97 Å². The van der Waals surface area contributed by atoms with Gasteiger partial charge in [-0.1, -0.05) is 13.0 Å². The third-order valence-electron chi connectivity index (χ3n) is 3.20. The summed E-state index contributed by atoms with van der Waals surface area (Å²) in [5, 5.41) is 3.68. The Labute approximate surface area is 123 Å². The van der Waals surface area contributed by atoms with E-state index in [1.165, 1.54) is 6.92 Å². The lowest BCUT2D eigenvalue weighted by molar-refractivity contribution is -0.134. The summed E-state index contributed by atoms with van der Waals surface area (Å²) in [6, 6.07) is 5.59. The molecular formula is C16H20N2O3. The lowest BCUT2D eigenvalue weighted by Gasteiger charge is -2.07. The van der Waals surface area contributed by atoms with Crippen LogP contribution in [0.25, 0.3) is 10.9 Å². The Hall–Kier alpha value is -2.30. The van der Waals surface area contributed by atoms with Crippen molar-refractivity contribution in [3.8, 4) is 5.75 Å². The van der Waals surface area contributed by atoms with E-state index in [1.807, 2.05) is 25.3 Å². The zero-order chi connectivity index (χ0) is 15.2. The molecule has 2 N–H and O–H groups in total. The minimum Gasteiger partial charge on any atom is -0.426 e. The molecule has 1 aromatic heterocycles. The Bertz CT molecular complexity index is 646. The number of carbonyl (C=O) groups excluding carboxylic acids is 2. The van der Waals surface area contributed by atoms with Crippen molar-refractivity contribution in [1.29, 1.82) is 0 Å². The molecule has 0 saturated heterocycles. The number of ether oxygens (including phenoxy) is 1. The molecule has 1 amide bonds. The summed E-state index contributed by atoms with van der Waals surface area (Å²) < 4.78 is 5.45. The van der Waals surface area contributed by atoms with Gasteiger partial charge in [0.1, 0.15) is 5.75 Å². The van der Waals surface area contributed by atoms with Crippen LogP contribution in [0.2, 0.25) is 0 Å². The minimum absolute atomic E-state index is 0.0514. The molecular weight excluding hydrogens is 268 g/mol. The van der Waals surface area contributed by atoms with Crippen LogP contribution in [0.5, 0.6) is 5.75 Å². The standard InChI is InChI=1S/C16H20N2O3/c1-3-5-15(20)21-14-7-4-6-13-16(14)12(10-18-13)8-9-17-11(2)19/h4,6-7,10,18H,3,5,8-9H2,1-2H3,(H,17,19). The van der Waals surface area contributed by atoms with Crippen molar-refractivity contribution in [3.05, 3.63) is 30.0 Å². The van der Waals surface area contributed by atoms with Gasteiger partial charge in [-0.25, -0.2) is 0 Å². The SMILES string of the molecule is CCCC(=O)Oc1cccc2[nH]cc(CCNC(C)=O)c12. The van der Waals surface area contributed by atoms with Crippen LogP contribution in [-0.2, 0) is 16.0 Å². The van der Waals surface area contributed by atoms with Crippen molar-refractivity contribution in [1.82, 2.24) is 10.3 Å².